The topological polar surface area (TPSA) is 9.23 Å². The summed E-state index contributed by atoms with van der Waals surface area (Å²) in [5.41, 5.74) is 0. The van der Waals surface area contributed by atoms with Crippen LogP contribution >= 0.6 is 22.6 Å². The molecule has 124 valence electrons. The summed E-state index contributed by atoms with van der Waals surface area (Å²) in [6, 6.07) is 22.0. The highest BCUT2D eigenvalue weighted by Crippen LogP contribution is 2.24. The molecule has 0 amide bonds. The zero-order chi connectivity index (χ0) is 16.9. The van der Waals surface area contributed by atoms with Crippen LogP contribution in [0.25, 0.3) is 0 Å². The first-order chi connectivity index (χ1) is 10.9. The number of benzene rings is 2. The zero-order valence-electron chi connectivity index (χ0n) is 14.6. The van der Waals surface area contributed by atoms with E-state index < -0.39 is 15.4 Å². The Bertz CT molecular complexity index is 556. The van der Waals surface area contributed by atoms with Crippen molar-refractivity contribution in [1.82, 2.24) is 0 Å². The Morgan fingerprint density at radius 1 is 0.870 bits per heavy atom. The van der Waals surface area contributed by atoms with E-state index in [-0.39, 0.29) is 0 Å². The fourth-order valence-electron chi connectivity index (χ4n) is 3.21. The number of hydrogen-bond donors (Lipinski definition) is 0. The van der Waals surface area contributed by atoms with E-state index in [4.69, 9.17) is 4.43 Å². The summed E-state index contributed by atoms with van der Waals surface area (Å²) in [6.07, 6.45) is 1.41. The summed E-state index contributed by atoms with van der Waals surface area (Å²) < 4.78 is 8.15. The van der Waals surface area contributed by atoms with Gasteiger partial charge >= 0.3 is 0 Å². The molecular formula is C19H27IOSi2. The molecule has 0 radical (unpaired) electrons. The van der Waals surface area contributed by atoms with Gasteiger partial charge in [0.2, 0.25) is 7.83 Å². The van der Waals surface area contributed by atoms with E-state index >= 15 is 0 Å². The van der Waals surface area contributed by atoms with Crippen LogP contribution in [0.15, 0.2) is 60.7 Å². The lowest BCUT2D eigenvalue weighted by Crippen LogP contribution is -2.75. The van der Waals surface area contributed by atoms with Gasteiger partial charge in [0.05, 0.1) is 7.59 Å². The summed E-state index contributed by atoms with van der Waals surface area (Å²) in [5.74, 6) is 0. The van der Waals surface area contributed by atoms with Crippen molar-refractivity contribution in [3.05, 3.63) is 60.7 Å². The molecule has 23 heavy (non-hydrogen) atoms. The molecule has 0 aromatic heterocycles. The lowest BCUT2D eigenvalue weighted by Gasteiger charge is -2.43. The van der Waals surface area contributed by atoms with Gasteiger partial charge in [-0.25, -0.2) is 0 Å². The van der Waals surface area contributed by atoms with Gasteiger partial charge in [0.1, 0.15) is 0 Å². The van der Waals surface area contributed by atoms with Gasteiger partial charge in [-0.2, -0.15) is 0 Å². The van der Waals surface area contributed by atoms with Crippen molar-refractivity contribution in [2.24, 2.45) is 0 Å². The van der Waals surface area contributed by atoms with Crippen LogP contribution < -0.4 is 10.4 Å². The van der Waals surface area contributed by atoms with Crippen LogP contribution in [0.1, 0.15) is 13.3 Å². The fourth-order valence-corrected chi connectivity index (χ4v) is 16.7. The van der Waals surface area contributed by atoms with E-state index in [1.54, 1.807) is 0 Å². The number of hydrogen-bond acceptors (Lipinski definition) is 1. The highest BCUT2D eigenvalue weighted by Gasteiger charge is 2.51. The quantitative estimate of drug-likeness (QED) is 0.343. The van der Waals surface area contributed by atoms with E-state index in [1.165, 1.54) is 10.4 Å². The van der Waals surface area contributed by atoms with Crippen LogP contribution in [0, 0.1) is 0 Å². The second kappa shape index (κ2) is 8.09. The van der Waals surface area contributed by atoms with Crippen LogP contribution in [0.3, 0.4) is 0 Å². The van der Waals surface area contributed by atoms with Gasteiger partial charge in [-0.1, -0.05) is 103 Å². The Hall–Kier alpha value is -0.436. The first-order valence-electron chi connectivity index (χ1n) is 8.26. The highest BCUT2D eigenvalue weighted by atomic mass is 127. The molecule has 1 atom stereocenters. The minimum Gasteiger partial charge on any atom is -0.408 e. The Kier molecular flexibility index (Phi) is 6.65. The van der Waals surface area contributed by atoms with E-state index in [1.807, 2.05) is 0 Å². The van der Waals surface area contributed by atoms with Crippen LogP contribution in [-0.4, -0.2) is 26.0 Å². The zero-order valence-corrected chi connectivity index (χ0v) is 18.7. The lowest BCUT2D eigenvalue weighted by molar-refractivity contribution is 0.223. The number of rotatable bonds is 7. The minimum atomic E-state index is -2.21. The molecule has 2 rings (SSSR count). The average Bonchev–Trinajstić information content (AvgIpc) is 2.53. The van der Waals surface area contributed by atoms with Gasteiger partial charge < -0.3 is 4.43 Å². The molecule has 0 aliphatic carbocycles. The van der Waals surface area contributed by atoms with Gasteiger partial charge in [0.25, 0.3) is 0 Å². The van der Waals surface area contributed by atoms with Crippen molar-refractivity contribution in [2.45, 2.75) is 39.1 Å². The predicted octanol–water partition coefficient (Wildman–Crippen LogP) is 4.39. The second-order valence-corrected chi connectivity index (χ2v) is 22.0. The molecule has 0 saturated carbocycles. The summed E-state index contributed by atoms with van der Waals surface area (Å²) >= 11 is 2.45. The summed E-state index contributed by atoms with van der Waals surface area (Å²) in [5, 5.41) is 2.84. The Morgan fingerprint density at radius 2 is 1.30 bits per heavy atom. The molecule has 0 aliphatic rings. The van der Waals surface area contributed by atoms with Crippen LogP contribution in [0.2, 0.25) is 19.6 Å². The van der Waals surface area contributed by atoms with E-state index in [0.717, 1.165) is 10.8 Å². The number of alkyl halides is 1. The lowest BCUT2D eigenvalue weighted by atomic mass is 10.3. The average molecular weight is 455 g/mol. The van der Waals surface area contributed by atoms with Crippen LogP contribution in [-0.2, 0) is 4.43 Å². The maximum Gasteiger partial charge on any atom is 0.240 e. The third-order valence-corrected chi connectivity index (χ3v) is 18.5. The molecule has 1 unspecified atom stereocenters. The first-order valence-corrected chi connectivity index (χ1v) is 16.2. The van der Waals surface area contributed by atoms with E-state index in [0.29, 0.717) is 6.10 Å². The maximum atomic E-state index is 7.01. The Morgan fingerprint density at radius 3 is 1.65 bits per heavy atom. The molecule has 0 saturated heterocycles. The third kappa shape index (κ3) is 4.16. The van der Waals surface area contributed by atoms with Crippen molar-refractivity contribution in [2.75, 3.05) is 4.43 Å². The SMILES string of the molecule is CC(CCI)O[Si](c1ccccc1)(c1ccccc1)[Si](C)(C)C. The van der Waals surface area contributed by atoms with Crippen molar-refractivity contribution < 1.29 is 4.43 Å². The van der Waals surface area contributed by atoms with Crippen molar-refractivity contribution in [3.8, 4) is 0 Å². The standard InChI is InChI=1S/C19H27IOSi2/c1-17(15-16-20)21-23(22(2,3)4,18-11-7-5-8-12-18)19-13-9-6-10-14-19/h5-14,17H,15-16H2,1-4H3. The molecule has 0 heterocycles. The van der Waals surface area contributed by atoms with E-state index in [2.05, 4.69) is 110 Å². The molecular weight excluding hydrogens is 427 g/mol. The van der Waals surface area contributed by atoms with Gasteiger partial charge in [-0.05, 0) is 23.7 Å². The molecule has 0 N–H and O–H groups in total. The molecule has 4 heteroatoms. The van der Waals surface area contributed by atoms with E-state index in [9.17, 15) is 0 Å². The minimum absolute atomic E-state index is 0.297. The first kappa shape index (κ1) is 18.9. The Balaban J connectivity index is 2.64. The van der Waals surface area contributed by atoms with Gasteiger partial charge in [0, 0.05) is 10.5 Å². The molecule has 2 aromatic carbocycles. The Labute approximate surface area is 156 Å². The largest absolute Gasteiger partial charge is 0.408 e. The summed E-state index contributed by atoms with van der Waals surface area (Å²) in [4.78, 5) is 0. The normalized spacial score (nSPS) is 13.8. The molecule has 1 nitrogen and oxygen atoms in total. The van der Waals surface area contributed by atoms with Crippen LogP contribution in [0.5, 0.6) is 0 Å². The van der Waals surface area contributed by atoms with Gasteiger partial charge in [0.15, 0.2) is 0 Å². The summed E-state index contributed by atoms with van der Waals surface area (Å²) in [6.45, 7) is 9.65. The summed E-state index contributed by atoms with van der Waals surface area (Å²) in [7, 11) is -3.81. The van der Waals surface area contributed by atoms with Crippen molar-refractivity contribution in [1.29, 1.82) is 0 Å². The molecule has 0 fully saturated rings. The smallest absolute Gasteiger partial charge is 0.240 e. The van der Waals surface area contributed by atoms with Gasteiger partial charge in [-0.3, -0.25) is 0 Å². The molecule has 0 spiro atoms. The third-order valence-electron chi connectivity index (χ3n) is 4.31. The van der Waals surface area contributed by atoms with Crippen LogP contribution in [0.4, 0.5) is 0 Å². The molecule has 2 aromatic rings. The number of halogens is 1. The van der Waals surface area contributed by atoms with Crippen molar-refractivity contribution >= 4 is 48.4 Å². The highest BCUT2D eigenvalue weighted by molar-refractivity contribution is 14.1. The predicted molar refractivity (Wildman–Crippen MR) is 115 cm³/mol. The monoisotopic (exact) mass is 454 g/mol. The fraction of sp³-hybridized carbons (Fsp3) is 0.368. The molecule has 0 aliphatic heterocycles. The van der Waals surface area contributed by atoms with Gasteiger partial charge in [-0.15, -0.1) is 0 Å². The molecule has 0 bridgehead atoms. The maximum absolute atomic E-state index is 7.01. The second-order valence-electron chi connectivity index (χ2n) is 7.07. The van der Waals surface area contributed by atoms with Crippen molar-refractivity contribution in [3.63, 3.8) is 0 Å².